The minimum absolute atomic E-state index is 0.339. The quantitative estimate of drug-likeness (QED) is 0.652. The standard InChI is InChI=1S/C18H29BFN3O2/c1-12-11-23(8-7-22(12)6)16-10-14(20)13(9-15(16)21)19-24-17(2,3)18(4,5)25-19/h9-10,12H,7-8,11,21H2,1-6H3. The summed E-state index contributed by atoms with van der Waals surface area (Å²) in [6.45, 7) is 12.6. The van der Waals surface area contributed by atoms with Crippen molar-refractivity contribution in [3.05, 3.63) is 17.9 Å². The molecule has 138 valence electrons. The predicted molar refractivity (Wildman–Crippen MR) is 101 cm³/mol. The Morgan fingerprint density at radius 3 is 2.32 bits per heavy atom. The smallest absolute Gasteiger partial charge is 0.399 e. The second-order valence-electron chi connectivity index (χ2n) is 8.30. The van der Waals surface area contributed by atoms with Gasteiger partial charge in [-0.3, -0.25) is 0 Å². The molecular formula is C18H29BFN3O2. The summed E-state index contributed by atoms with van der Waals surface area (Å²) < 4.78 is 26.8. The summed E-state index contributed by atoms with van der Waals surface area (Å²) in [5.41, 5.74) is 6.92. The minimum Gasteiger partial charge on any atom is -0.399 e. The SMILES string of the molecule is CC1CN(c2cc(F)c(B3OC(C)(C)C(C)(C)O3)cc2N)CCN1C. The molecule has 0 spiro atoms. The lowest BCUT2D eigenvalue weighted by Crippen LogP contribution is -2.50. The Morgan fingerprint density at radius 2 is 1.76 bits per heavy atom. The molecule has 2 fully saturated rings. The molecule has 1 unspecified atom stereocenters. The van der Waals surface area contributed by atoms with E-state index in [1.54, 1.807) is 6.07 Å². The highest BCUT2D eigenvalue weighted by Crippen LogP contribution is 2.37. The maximum Gasteiger partial charge on any atom is 0.497 e. The van der Waals surface area contributed by atoms with Crippen molar-refractivity contribution in [1.82, 2.24) is 4.90 Å². The summed E-state index contributed by atoms with van der Waals surface area (Å²) in [4.78, 5) is 4.44. The first-order chi connectivity index (χ1) is 11.5. The third-order valence-electron chi connectivity index (χ3n) is 5.95. The number of hydrogen-bond acceptors (Lipinski definition) is 5. The molecule has 2 saturated heterocycles. The van der Waals surface area contributed by atoms with E-state index in [1.807, 2.05) is 27.7 Å². The van der Waals surface area contributed by atoms with E-state index in [-0.39, 0.29) is 5.82 Å². The Labute approximate surface area is 150 Å². The van der Waals surface area contributed by atoms with Crippen LogP contribution in [0.5, 0.6) is 0 Å². The van der Waals surface area contributed by atoms with Crippen molar-refractivity contribution in [2.45, 2.75) is 51.9 Å². The highest BCUT2D eigenvalue weighted by Gasteiger charge is 2.52. The number of nitrogen functional groups attached to an aromatic ring is 1. The molecule has 0 saturated carbocycles. The fraction of sp³-hybridized carbons (Fsp3) is 0.667. The predicted octanol–water partition coefficient (Wildman–Crippen LogP) is 1.85. The summed E-state index contributed by atoms with van der Waals surface area (Å²) in [7, 11) is 1.36. The molecule has 2 heterocycles. The molecule has 0 aromatic heterocycles. The average molecular weight is 349 g/mol. The first-order valence-electron chi connectivity index (χ1n) is 8.91. The summed E-state index contributed by atoms with van der Waals surface area (Å²) in [5.74, 6) is -0.339. The molecule has 7 heteroatoms. The molecule has 2 aliphatic heterocycles. The third kappa shape index (κ3) is 3.25. The van der Waals surface area contributed by atoms with E-state index >= 15 is 0 Å². The lowest BCUT2D eigenvalue weighted by Gasteiger charge is -2.39. The van der Waals surface area contributed by atoms with E-state index in [9.17, 15) is 4.39 Å². The van der Waals surface area contributed by atoms with Crippen molar-refractivity contribution in [3.63, 3.8) is 0 Å². The van der Waals surface area contributed by atoms with Gasteiger partial charge in [-0.05, 0) is 53.8 Å². The Bertz CT molecular complexity index is 652. The van der Waals surface area contributed by atoms with Crippen molar-refractivity contribution < 1.29 is 13.7 Å². The molecule has 2 aliphatic rings. The Kier molecular flexibility index (Phi) is 4.54. The lowest BCUT2D eigenvalue weighted by molar-refractivity contribution is 0.00578. The normalized spacial score (nSPS) is 26.3. The summed E-state index contributed by atoms with van der Waals surface area (Å²) >= 11 is 0. The Balaban J connectivity index is 1.87. The van der Waals surface area contributed by atoms with Crippen molar-refractivity contribution in [1.29, 1.82) is 0 Å². The fourth-order valence-electron chi connectivity index (χ4n) is 3.29. The van der Waals surface area contributed by atoms with E-state index < -0.39 is 18.3 Å². The first-order valence-corrected chi connectivity index (χ1v) is 8.91. The van der Waals surface area contributed by atoms with E-state index in [1.165, 1.54) is 6.07 Å². The maximum atomic E-state index is 14.9. The molecule has 5 nitrogen and oxygen atoms in total. The largest absolute Gasteiger partial charge is 0.497 e. The van der Waals surface area contributed by atoms with E-state index in [0.717, 1.165) is 25.3 Å². The van der Waals surface area contributed by atoms with Crippen LogP contribution in [0.15, 0.2) is 12.1 Å². The summed E-state index contributed by atoms with van der Waals surface area (Å²) in [6, 6.07) is 3.59. The molecular weight excluding hydrogens is 320 g/mol. The average Bonchev–Trinajstić information content (AvgIpc) is 2.72. The van der Waals surface area contributed by atoms with Gasteiger partial charge in [-0.25, -0.2) is 4.39 Å². The second-order valence-corrected chi connectivity index (χ2v) is 8.30. The van der Waals surface area contributed by atoms with Crippen molar-refractivity contribution >= 4 is 24.0 Å². The van der Waals surface area contributed by atoms with Gasteiger partial charge in [0.1, 0.15) is 5.82 Å². The third-order valence-corrected chi connectivity index (χ3v) is 5.95. The van der Waals surface area contributed by atoms with Gasteiger partial charge in [-0.15, -0.1) is 0 Å². The topological polar surface area (TPSA) is 51.0 Å². The van der Waals surface area contributed by atoms with E-state index in [0.29, 0.717) is 17.2 Å². The number of rotatable bonds is 2. The highest BCUT2D eigenvalue weighted by atomic mass is 19.1. The van der Waals surface area contributed by atoms with Crippen molar-refractivity contribution in [2.24, 2.45) is 0 Å². The van der Waals surface area contributed by atoms with Gasteiger partial charge in [-0.2, -0.15) is 0 Å². The first kappa shape index (κ1) is 18.5. The molecule has 25 heavy (non-hydrogen) atoms. The van der Waals surface area contributed by atoms with E-state index in [2.05, 4.69) is 23.8 Å². The van der Waals surface area contributed by atoms with Gasteiger partial charge in [0, 0.05) is 31.1 Å². The number of piperazine rings is 1. The van der Waals surface area contributed by atoms with E-state index in [4.69, 9.17) is 15.0 Å². The molecule has 0 aliphatic carbocycles. The number of anilines is 2. The number of likely N-dealkylation sites (N-methyl/N-ethyl adjacent to an activating group) is 1. The summed E-state index contributed by atoms with van der Waals surface area (Å²) in [5, 5.41) is 0. The zero-order valence-electron chi connectivity index (χ0n) is 16.1. The number of hydrogen-bond donors (Lipinski definition) is 1. The number of nitrogens with two attached hydrogens (primary N) is 1. The van der Waals surface area contributed by atoms with Gasteiger partial charge in [0.2, 0.25) is 0 Å². The van der Waals surface area contributed by atoms with Crippen LogP contribution >= 0.6 is 0 Å². The number of halogens is 1. The second kappa shape index (κ2) is 6.14. The zero-order valence-corrected chi connectivity index (χ0v) is 16.1. The van der Waals surface area contributed by atoms with Crippen LogP contribution in [0.3, 0.4) is 0 Å². The number of benzene rings is 1. The molecule has 0 amide bonds. The number of nitrogens with zero attached hydrogens (tertiary/aromatic N) is 2. The van der Waals surface area contributed by atoms with Gasteiger partial charge >= 0.3 is 7.12 Å². The zero-order chi connectivity index (χ0) is 18.6. The Hall–Kier alpha value is -1.31. The van der Waals surface area contributed by atoms with Crippen molar-refractivity contribution in [3.8, 4) is 0 Å². The molecule has 1 aromatic carbocycles. The lowest BCUT2D eigenvalue weighted by atomic mass is 9.78. The molecule has 3 rings (SSSR count). The van der Waals surface area contributed by atoms with Crippen LogP contribution in [-0.4, -0.2) is 55.9 Å². The maximum absolute atomic E-state index is 14.9. The van der Waals surface area contributed by atoms with Crippen LogP contribution in [0.25, 0.3) is 0 Å². The van der Waals surface area contributed by atoms with Crippen LogP contribution in [-0.2, 0) is 9.31 Å². The van der Waals surface area contributed by atoms with Crippen LogP contribution in [0, 0.1) is 5.82 Å². The van der Waals surface area contributed by atoms with Crippen LogP contribution in [0.2, 0.25) is 0 Å². The molecule has 0 radical (unpaired) electrons. The van der Waals surface area contributed by atoms with Gasteiger partial charge < -0.3 is 24.8 Å². The van der Waals surface area contributed by atoms with Crippen molar-refractivity contribution in [2.75, 3.05) is 37.3 Å². The monoisotopic (exact) mass is 349 g/mol. The Morgan fingerprint density at radius 1 is 1.16 bits per heavy atom. The minimum atomic E-state index is -0.743. The van der Waals surface area contributed by atoms with Crippen LogP contribution in [0.1, 0.15) is 34.6 Å². The summed E-state index contributed by atoms with van der Waals surface area (Å²) in [6.07, 6.45) is 0. The van der Waals surface area contributed by atoms with Gasteiger partial charge in [-0.1, -0.05) is 0 Å². The highest BCUT2D eigenvalue weighted by molar-refractivity contribution is 6.62. The molecule has 0 bridgehead atoms. The van der Waals surface area contributed by atoms with Gasteiger partial charge in [0.25, 0.3) is 0 Å². The van der Waals surface area contributed by atoms with Crippen LogP contribution in [0.4, 0.5) is 15.8 Å². The molecule has 1 aromatic rings. The van der Waals surface area contributed by atoms with Gasteiger partial charge in [0.05, 0.1) is 22.6 Å². The fourth-order valence-corrected chi connectivity index (χ4v) is 3.29. The molecule has 2 N–H and O–H groups in total. The van der Waals surface area contributed by atoms with Crippen LogP contribution < -0.4 is 16.1 Å². The molecule has 1 atom stereocenters. The van der Waals surface area contributed by atoms with Gasteiger partial charge in [0.15, 0.2) is 0 Å².